The molecule has 2 bridgehead atoms. The number of fused-ring (bicyclic) bond motifs is 3. The molecule has 0 aromatic carbocycles. The van der Waals surface area contributed by atoms with Gasteiger partial charge in [-0.15, -0.1) is 11.3 Å². The summed E-state index contributed by atoms with van der Waals surface area (Å²) in [5.41, 5.74) is 1.91. The van der Waals surface area contributed by atoms with Crippen molar-refractivity contribution in [2.45, 2.75) is 38.0 Å². The molecule has 5 heterocycles. The van der Waals surface area contributed by atoms with E-state index < -0.39 is 28.9 Å². The van der Waals surface area contributed by atoms with Crippen LogP contribution in [0.2, 0.25) is 0 Å². The van der Waals surface area contributed by atoms with Gasteiger partial charge in [-0.1, -0.05) is 0 Å². The molecule has 2 aromatic rings. The van der Waals surface area contributed by atoms with Crippen LogP contribution in [-0.4, -0.2) is 81.7 Å². The summed E-state index contributed by atoms with van der Waals surface area (Å²) in [5.74, 6) is 0.596. The monoisotopic (exact) mass is 525 g/mol. The Balaban J connectivity index is 1.27. The summed E-state index contributed by atoms with van der Waals surface area (Å²) in [4.78, 5) is 11.0. The number of hydrogen-bond acceptors (Lipinski definition) is 8. The van der Waals surface area contributed by atoms with Crippen LogP contribution in [0.4, 0.5) is 8.78 Å². The number of piperidine rings is 1. The minimum Gasteiger partial charge on any atom is -0.392 e. The molecular weight excluding hydrogens is 500 g/mol. The molecule has 1 saturated carbocycles. The smallest absolute Gasteiger partial charge is 0.333 e. The minimum absolute atomic E-state index is 0.0249. The highest BCUT2D eigenvalue weighted by Crippen LogP contribution is 2.39. The molecule has 2 N–H and O–H groups in total. The van der Waals surface area contributed by atoms with Gasteiger partial charge in [-0.2, -0.15) is 31.3 Å². The number of rotatable bonds is 6. The first-order chi connectivity index (χ1) is 16.8. The molecule has 0 amide bonds. The van der Waals surface area contributed by atoms with E-state index in [1.807, 2.05) is 10.3 Å². The molecule has 2 saturated heterocycles. The first-order valence-electron chi connectivity index (χ1n) is 11.5. The maximum absolute atomic E-state index is 13.3. The first-order valence-corrected chi connectivity index (χ1v) is 13.8. The van der Waals surface area contributed by atoms with Crippen LogP contribution in [-0.2, 0) is 10.2 Å². The van der Waals surface area contributed by atoms with Crippen molar-refractivity contribution in [1.29, 1.82) is 0 Å². The summed E-state index contributed by atoms with van der Waals surface area (Å²) in [6.45, 7) is -1.53. The van der Waals surface area contributed by atoms with Gasteiger partial charge in [0.25, 0.3) is 10.2 Å². The van der Waals surface area contributed by atoms with E-state index in [2.05, 4.69) is 19.8 Å². The van der Waals surface area contributed by atoms with Gasteiger partial charge in [-0.05, 0) is 30.7 Å². The highest BCUT2D eigenvalue weighted by Gasteiger charge is 2.45. The normalized spacial score (nSPS) is 29.3. The summed E-state index contributed by atoms with van der Waals surface area (Å²) in [7, 11) is -3.77. The lowest BCUT2D eigenvalue weighted by Gasteiger charge is -2.35. The Hall–Kier alpha value is -2.26. The van der Waals surface area contributed by atoms with E-state index in [9.17, 15) is 22.3 Å². The van der Waals surface area contributed by atoms with E-state index in [1.165, 1.54) is 27.9 Å². The van der Waals surface area contributed by atoms with Gasteiger partial charge in [-0.3, -0.25) is 4.99 Å². The lowest BCUT2D eigenvalue weighted by Crippen LogP contribution is -2.53. The summed E-state index contributed by atoms with van der Waals surface area (Å²) < 4.78 is 57.7. The largest absolute Gasteiger partial charge is 0.392 e. The molecule has 35 heavy (non-hydrogen) atoms. The maximum Gasteiger partial charge on any atom is 0.333 e. The van der Waals surface area contributed by atoms with Gasteiger partial charge in [0.05, 0.1) is 18.3 Å². The highest BCUT2D eigenvalue weighted by atomic mass is 32.2. The number of hydrogen-bond donors (Lipinski definition) is 2. The molecule has 0 radical (unpaired) electrons. The second kappa shape index (κ2) is 8.69. The average Bonchev–Trinajstić information content (AvgIpc) is 3.60. The standard InChI is InChI=1S/C21H25F2N7O3S2/c22-21(23)30-5-3-16(26-30)15-8-25-19(20-24-4-6-34-20)29-11-14(7-17(15)29)27-35(32,33)28-9-12-1-2-13(10-28)18(12)31/h3-6,12-14,18,21,27,31H,1-2,7-11H2. The number of nitrogens with one attached hydrogen (secondary N) is 1. The van der Waals surface area contributed by atoms with Gasteiger partial charge in [0.2, 0.25) is 0 Å². The van der Waals surface area contributed by atoms with E-state index in [0.717, 1.165) is 18.5 Å². The van der Waals surface area contributed by atoms with Crippen molar-refractivity contribution in [2.24, 2.45) is 16.8 Å². The van der Waals surface area contributed by atoms with E-state index >= 15 is 0 Å². The fraction of sp³-hybridized carbons (Fsp3) is 0.571. The second-order valence-corrected chi connectivity index (χ2v) is 12.0. The van der Waals surface area contributed by atoms with Crippen LogP contribution in [0.15, 0.2) is 34.5 Å². The van der Waals surface area contributed by atoms with Crippen molar-refractivity contribution in [2.75, 3.05) is 26.2 Å². The van der Waals surface area contributed by atoms with Crippen LogP contribution < -0.4 is 4.72 Å². The van der Waals surface area contributed by atoms with E-state index in [0.29, 0.717) is 52.8 Å². The van der Waals surface area contributed by atoms with E-state index in [-0.39, 0.29) is 18.4 Å². The molecule has 3 aliphatic heterocycles. The third-order valence-corrected chi connectivity index (χ3v) is 9.68. The molecule has 1 aliphatic carbocycles. The summed E-state index contributed by atoms with van der Waals surface area (Å²) in [6, 6.07) is 1.10. The van der Waals surface area contributed by atoms with Crippen molar-refractivity contribution in [3.8, 4) is 0 Å². The molecule has 10 nitrogen and oxygen atoms in total. The van der Waals surface area contributed by atoms with E-state index in [4.69, 9.17) is 0 Å². The molecule has 3 unspecified atom stereocenters. The summed E-state index contributed by atoms with van der Waals surface area (Å²) in [5, 5.41) is 16.9. The fourth-order valence-electron chi connectivity index (χ4n) is 5.63. The Labute approximate surface area is 205 Å². The molecular formula is C21H25F2N7O3S2. The van der Waals surface area contributed by atoms with Crippen molar-refractivity contribution in [1.82, 2.24) is 28.7 Å². The van der Waals surface area contributed by atoms with Crippen LogP contribution in [0.1, 0.15) is 36.5 Å². The molecule has 6 rings (SSSR count). The van der Waals surface area contributed by atoms with Crippen molar-refractivity contribution in [3.63, 3.8) is 0 Å². The molecule has 3 atom stereocenters. The SMILES string of the molecule is O=S(=O)(NC1CC2=C(c3ccn(C(F)F)n3)CN=C(c3nccs3)N2C1)N1CC2CCC(C1)C2O. The van der Waals surface area contributed by atoms with Crippen molar-refractivity contribution >= 4 is 33.0 Å². The van der Waals surface area contributed by atoms with Gasteiger partial charge >= 0.3 is 6.55 Å². The Bertz CT molecular complexity index is 1260. The Kier molecular flexibility index (Phi) is 5.75. The predicted octanol–water partition coefficient (Wildman–Crippen LogP) is 1.52. The van der Waals surface area contributed by atoms with E-state index in [1.54, 1.807) is 6.20 Å². The van der Waals surface area contributed by atoms with Crippen LogP contribution in [0.25, 0.3) is 5.57 Å². The third kappa shape index (κ3) is 4.10. The Morgan fingerprint density at radius 3 is 2.63 bits per heavy atom. The van der Waals surface area contributed by atoms with Gasteiger partial charge in [0, 0.05) is 61.1 Å². The fourth-order valence-corrected chi connectivity index (χ4v) is 7.79. The van der Waals surface area contributed by atoms with Crippen molar-refractivity contribution in [3.05, 3.63) is 40.2 Å². The average molecular weight is 526 g/mol. The second-order valence-electron chi connectivity index (χ2n) is 9.40. The minimum atomic E-state index is -3.77. The van der Waals surface area contributed by atoms with Crippen LogP contribution >= 0.6 is 11.3 Å². The number of aromatic nitrogens is 3. The molecule has 0 spiro atoms. The molecule has 188 valence electrons. The van der Waals surface area contributed by atoms with Gasteiger partial charge in [0.1, 0.15) is 0 Å². The number of halogens is 2. The van der Waals surface area contributed by atoms with Gasteiger partial charge in [0.15, 0.2) is 10.8 Å². The highest BCUT2D eigenvalue weighted by molar-refractivity contribution is 7.87. The number of thiazole rings is 1. The van der Waals surface area contributed by atoms with Crippen molar-refractivity contribution < 1.29 is 22.3 Å². The van der Waals surface area contributed by atoms with Crippen LogP contribution in [0.5, 0.6) is 0 Å². The first kappa shape index (κ1) is 23.2. The third-order valence-electron chi connectivity index (χ3n) is 7.31. The maximum atomic E-state index is 13.3. The van der Waals surface area contributed by atoms with Gasteiger partial charge < -0.3 is 10.0 Å². The predicted molar refractivity (Wildman–Crippen MR) is 125 cm³/mol. The topological polar surface area (TPSA) is 116 Å². The Morgan fingerprint density at radius 2 is 1.97 bits per heavy atom. The number of alkyl halides is 2. The van der Waals surface area contributed by atoms with Gasteiger partial charge in [-0.25, -0.2) is 9.67 Å². The zero-order valence-corrected chi connectivity index (χ0v) is 20.3. The Morgan fingerprint density at radius 1 is 1.20 bits per heavy atom. The molecule has 3 fully saturated rings. The number of aliphatic hydroxyl groups is 1. The lowest BCUT2D eigenvalue weighted by atomic mass is 9.97. The number of amidine groups is 1. The zero-order valence-electron chi connectivity index (χ0n) is 18.7. The quantitative estimate of drug-likeness (QED) is 0.591. The number of aliphatic hydroxyl groups excluding tert-OH is 1. The summed E-state index contributed by atoms with van der Waals surface area (Å²) in [6.07, 6.45) is 4.53. The molecule has 14 heteroatoms. The molecule has 4 aliphatic rings. The summed E-state index contributed by atoms with van der Waals surface area (Å²) >= 11 is 1.43. The lowest BCUT2D eigenvalue weighted by molar-refractivity contribution is 0.0436. The zero-order chi connectivity index (χ0) is 24.3. The molecule has 2 aromatic heterocycles. The number of nitrogens with zero attached hydrogens (tertiary/aromatic N) is 6. The number of aliphatic imine (C=N–C) groups is 1. The van der Waals surface area contributed by atoms with Crippen LogP contribution in [0, 0.1) is 11.8 Å². The van der Waals surface area contributed by atoms with Crippen LogP contribution in [0.3, 0.4) is 0 Å².